The van der Waals surface area contributed by atoms with Crippen LogP contribution in [0.2, 0.25) is 0 Å². The Kier molecular flexibility index (Phi) is 4.85. The summed E-state index contributed by atoms with van der Waals surface area (Å²) in [6.45, 7) is 1.96. The Morgan fingerprint density at radius 1 is 1.40 bits per heavy atom. The Labute approximate surface area is 146 Å². The fourth-order valence-corrected chi connectivity index (χ4v) is 2.87. The van der Waals surface area contributed by atoms with Crippen molar-refractivity contribution in [3.8, 4) is 16.4 Å². The molecule has 0 radical (unpaired) electrons. The quantitative estimate of drug-likeness (QED) is 0.540. The van der Waals surface area contributed by atoms with Gasteiger partial charge < -0.3 is 10.1 Å². The number of amides is 1. The van der Waals surface area contributed by atoms with E-state index in [2.05, 4.69) is 15.4 Å². The first kappa shape index (κ1) is 16.8. The predicted octanol–water partition coefficient (Wildman–Crippen LogP) is 2.88. The second kappa shape index (κ2) is 7.22. The molecule has 1 amide bonds. The van der Waals surface area contributed by atoms with Gasteiger partial charge in [-0.1, -0.05) is 0 Å². The number of anilines is 1. The third-order valence-electron chi connectivity index (χ3n) is 3.21. The number of benzene rings is 1. The van der Waals surface area contributed by atoms with Crippen LogP contribution in [0, 0.1) is 5.82 Å². The summed E-state index contributed by atoms with van der Waals surface area (Å²) in [5.41, 5.74) is 1.37. The van der Waals surface area contributed by atoms with E-state index >= 15 is 0 Å². The zero-order valence-electron chi connectivity index (χ0n) is 13.1. The van der Waals surface area contributed by atoms with Gasteiger partial charge in [0.25, 0.3) is 0 Å². The topological polar surface area (TPSA) is 86.1 Å². The summed E-state index contributed by atoms with van der Waals surface area (Å²) in [4.78, 5) is 26.8. The molecule has 1 aromatic carbocycles. The van der Waals surface area contributed by atoms with Crippen LogP contribution in [-0.2, 0) is 9.53 Å². The molecule has 9 heteroatoms. The average molecular weight is 360 g/mol. The van der Waals surface area contributed by atoms with Crippen molar-refractivity contribution in [3.63, 3.8) is 0 Å². The summed E-state index contributed by atoms with van der Waals surface area (Å²) in [6, 6.07) is 7.44. The molecule has 0 aliphatic carbocycles. The van der Waals surface area contributed by atoms with Gasteiger partial charge in [-0.25, -0.2) is 14.2 Å². The van der Waals surface area contributed by atoms with E-state index in [0.717, 1.165) is 0 Å². The number of hydrogen-bond acceptors (Lipinski definition) is 6. The number of nitrogens with one attached hydrogen (secondary N) is 1. The SMILES string of the molecule is CCOC(=O)c1csc(-n2nc(-c3ccc(F)cc3)cc2NC=O)n1. The van der Waals surface area contributed by atoms with Crippen LogP contribution in [0.25, 0.3) is 16.4 Å². The van der Waals surface area contributed by atoms with E-state index in [9.17, 15) is 14.0 Å². The van der Waals surface area contributed by atoms with Crippen molar-refractivity contribution in [1.82, 2.24) is 14.8 Å². The Morgan fingerprint density at radius 3 is 2.84 bits per heavy atom. The number of esters is 1. The molecule has 0 saturated carbocycles. The van der Waals surface area contributed by atoms with Crippen LogP contribution in [0.3, 0.4) is 0 Å². The van der Waals surface area contributed by atoms with Crippen molar-refractivity contribution in [2.45, 2.75) is 6.92 Å². The molecule has 25 heavy (non-hydrogen) atoms. The first-order valence-corrected chi connectivity index (χ1v) is 8.19. The van der Waals surface area contributed by atoms with Crippen LogP contribution >= 0.6 is 11.3 Å². The van der Waals surface area contributed by atoms with Gasteiger partial charge >= 0.3 is 5.97 Å². The van der Waals surface area contributed by atoms with Crippen LogP contribution < -0.4 is 5.32 Å². The summed E-state index contributed by atoms with van der Waals surface area (Å²) in [5.74, 6) is -0.506. The van der Waals surface area contributed by atoms with Gasteiger partial charge in [-0.3, -0.25) is 4.79 Å². The molecule has 0 spiro atoms. The maximum atomic E-state index is 13.1. The van der Waals surface area contributed by atoms with Crippen LogP contribution in [0.15, 0.2) is 35.7 Å². The highest BCUT2D eigenvalue weighted by Gasteiger charge is 2.17. The number of rotatable bonds is 6. The molecule has 0 atom stereocenters. The lowest BCUT2D eigenvalue weighted by Crippen LogP contribution is -2.07. The van der Waals surface area contributed by atoms with Gasteiger partial charge in [-0.15, -0.1) is 11.3 Å². The Bertz CT molecular complexity index is 905. The molecule has 128 valence electrons. The zero-order valence-corrected chi connectivity index (χ0v) is 13.9. The Hall–Kier alpha value is -3.07. The van der Waals surface area contributed by atoms with Crippen LogP contribution in [0.1, 0.15) is 17.4 Å². The van der Waals surface area contributed by atoms with Gasteiger partial charge in [0.2, 0.25) is 11.5 Å². The number of halogens is 1. The standard InChI is InChI=1S/C16H13FN4O3S/c1-2-24-15(23)13-8-25-16(19-13)21-14(18-9-22)7-12(20-21)10-3-5-11(17)6-4-10/h3-9H,2H2,1H3,(H,18,22). The lowest BCUT2D eigenvalue weighted by Gasteiger charge is -2.01. The molecule has 0 bridgehead atoms. The number of carbonyl (C=O) groups is 2. The van der Waals surface area contributed by atoms with Crippen molar-refractivity contribution >= 4 is 29.5 Å². The maximum absolute atomic E-state index is 13.1. The summed E-state index contributed by atoms with van der Waals surface area (Å²) in [7, 11) is 0. The number of aromatic nitrogens is 3. The fraction of sp³-hybridized carbons (Fsp3) is 0.125. The molecule has 7 nitrogen and oxygen atoms in total. The summed E-state index contributed by atoms with van der Waals surface area (Å²) in [6.07, 6.45) is 0.516. The summed E-state index contributed by atoms with van der Waals surface area (Å²) in [5, 5.41) is 8.86. The normalized spacial score (nSPS) is 10.5. The van der Waals surface area contributed by atoms with Gasteiger partial charge in [0.15, 0.2) is 5.69 Å². The molecule has 2 aromatic heterocycles. The Morgan fingerprint density at radius 2 is 2.16 bits per heavy atom. The summed E-state index contributed by atoms with van der Waals surface area (Å²) >= 11 is 1.18. The molecule has 0 saturated heterocycles. The largest absolute Gasteiger partial charge is 0.461 e. The third kappa shape index (κ3) is 3.56. The molecule has 0 aliphatic rings. The lowest BCUT2D eigenvalue weighted by atomic mass is 10.1. The fourth-order valence-electron chi connectivity index (χ4n) is 2.11. The van der Waals surface area contributed by atoms with E-state index in [4.69, 9.17) is 4.74 Å². The summed E-state index contributed by atoms with van der Waals surface area (Å²) < 4.78 is 19.4. The molecule has 0 unspecified atom stereocenters. The highest BCUT2D eigenvalue weighted by atomic mass is 32.1. The predicted molar refractivity (Wildman–Crippen MR) is 90.3 cm³/mol. The second-order valence-corrected chi connectivity index (χ2v) is 5.67. The van der Waals surface area contributed by atoms with Gasteiger partial charge in [0.05, 0.1) is 12.3 Å². The lowest BCUT2D eigenvalue weighted by molar-refractivity contribution is -0.105. The number of thiazole rings is 1. The van der Waals surface area contributed by atoms with Crippen molar-refractivity contribution in [2.75, 3.05) is 11.9 Å². The van der Waals surface area contributed by atoms with Crippen molar-refractivity contribution in [3.05, 3.63) is 47.2 Å². The van der Waals surface area contributed by atoms with Crippen LogP contribution in [0.4, 0.5) is 10.2 Å². The minimum Gasteiger partial charge on any atom is -0.461 e. The van der Waals surface area contributed by atoms with Gasteiger partial charge in [0.1, 0.15) is 11.6 Å². The van der Waals surface area contributed by atoms with Crippen molar-refractivity contribution in [2.24, 2.45) is 0 Å². The van der Waals surface area contributed by atoms with E-state index in [1.54, 1.807) is 30.5 Å². The molecular weight excluding hydrogens is 347 g/mol. The van der Waals surface area contributed by atoms with E-state index in [1.165, 1.54) is 28.2 Å². The van der Waals surface area contributed by atoms with Crippen molar-refractivity contribution < 1.29 is 18.7 Å². The maximum Gasteiger partial charge on any atom is 0.357 e. The van der Waals surface area contributed by atoms with Gasteiger partial charge in [-0.2, -0.15) is 9.78 Å². The first-order valence-electron chi connectivity index (χ1n) is 7.31. The minimum atomic E-state index is -0.527. The monoisotopic (exact) mass is 360 g/mol. The van der Waals surface area contributed by atoms with E-state index in [1.807, 2.05) is 0 Å². The molecule has 1 N–H and O–H groups in total. The number of ether oxygens (including phenoxy) is 1. The molecule has 0 aliphatic heterocycles. The number of nitrogens with zero attached hydrogens (tertiary/aromatic N) is 3. The highest BCUT2D eigenvalue weighted by Crippen LogP contribution is 2.26. The first-order chi connectivity index (χ1) is 12.1. The molecule has 3 aromatic rings. The van der Waals surface area contributed by atoms with E-state index in [-0.39, 0.29) is 18.1 Å². The highest BCUT2D eigenvalue weighted by molar-refractivity contribution is 7.12. The molecule has 0 fully saturated rings. The number of hydrogen-bond donors (Lipinski definition) is 1. The minimum absolute atomic E-state index is 0.165. The van der Waals surface area contributed by atoms with E-state index in [0.29, 0.717) is 28.6 Å². The number of carbonyl (C=O) groups excluding carboxylic acids is 2. The average Bonchev–Trinajstić information content (AvgIpc) is 3.23. The van der Waals surface area contributed by atoms with Gasteiger partial charge in [0, 0.05) is 17.0 Å². The van der Waals surface area contributed by atoms with Crippen LogP contribution in [-0.4, -0.2) is 33.8 Å². The smallest absolute Gasteiger partial charge is 0.357 e. The molecule has 2 heterocycles. The zero-order chi connectivity index (χ0) is 17.8. The Balaban J connectivity index is 1.99. The molecular formula is C16H13FN4O3S. The third-order valence-corrected chi connectivity index (χ3v) is 4.03. The van der Waals surface area contributed by atoms with Gasteiger partial charge in [-0.05, 0) is 31.2 Å². The van der Waals surface area contributed by atoms with Crippen LogP contribution in [0.5, 0.6) is 0 Å². The van der Waals surface area contributed by atoms with E-state index < -0.39 is 5.97 Å². The van der Waals surface area contributed by atoms with Crippen molar-refractivity contribution in [1.29, 1.82) is 0 Å². The second-order valence-electron chi connectivity index (χ2n) is 4.83. The molecule has 3 rings (SSSR count).